The summed E-state index contributed by atoms with van der Waals surface area (Å²) in [4.78, 5) is 12.4. The van der Waals surface area contributed by atoms with Crippen molar-refractivity contribution >= 4 is 11.8 Å². The van der Waals surface area contributed by atoms with Crippen LogP contribution in [0.15, 0.2) is 33.0 Å². The largest absolute Gasteiger partial charge is 0.343 e. The van der Waals surface area contributed by atoms with Crippen LogP contribution in [0.5, 0.6) is 0 Å². The minimum atomic E-state index is -0.324. The van der Waals surface area contributed by atoms with E-state index in [1.807, 2.05) is 6.92 Å². The van der Waals surface area contributed by atoms with Crippen molar-refractivity contribution < 1.29 is 4.39 Å². The van der Waals surface area contributed by atoms with Gasteiger partial charge in [-0.25, -0.2) is 14.3 Å². The second-order valence-corrected chi connectivity index (χ2v) is 5.54. The summed E-state index contributed by atoms with van der Waals surface area (Å²) >= 11 is 1.31. The van der Waals surface area contributed by atoms with E-state index in [1.54, 1.807) is 17.6 Å². The molecule has 2 rings (SSSR count). The van der Waals surface area contributed by atoms with Gasteiger partial charge in [-0.1, -0.05) is 6.92 Å². The van der Waals surface area contributed by atoms with E-state index < -0.39 is 0 Å². The van der Waals surface area contributed by atoms with Gasteiger partial charge in [-0.3, -0.25) is 4.57 Å². The fourth-order valence-corrected chi connectivity index (χ4v) is 2.94. The Bertz CT molecular complexity index is 650. The second-order valence-electron chi connectivity index (χ2n) is 4.54. The van der Waals surface area contributed by atoms with Gasteiger partial charge >= 0.3 is 5.69 Å². The second kappa shape index (κ2) is 6.23. The summed E-state index contributed by atoms with van der Waals surface area (Å²) in [6, 6.07) is 4.16. The van der Waals surface area contributed by atoms with E-state index in [0.717, 1.165) is 11.3 Å². The Morgan fingerprint density at radius 1 is 1.55 bits per heavy atom. The topological polar surface area (TPSA) is 76.7 Å². The van der Waals surface area contributed by atoms with Crippen LogP contribution >= 0.6 is 11.8 Å². The molecule has 1 unspecified atom stereocenters. The molecule has 0 saturated carbocycles. The van der Waals surface area contributed by atoms with Crippen LogP contribution in [-0.4, -0.2) is 14.8 Å². The van der Waals surface area contributed by atoms with Crippen molar-refractivity contribution in [2.24, 2.45) is 5.73 Å². The average molecular weight is 296 g/mol. The number of aromatic nitrogens is 3. The van der Waals surface area contributed by atoms with Gasteiger partial charge in [-0.2, -0.15) is 0 Å². The number of rotatable bonds is 5. The van der Waals surface area contributed by atoms with E-state index in [9.17, 15) is 9.18 Å². The monoisotopic (exact) mass is 296 g/mol. The third-order valence-electron chi connectivity index (χ3n) is 2.83. The minimum absolute atomic E-state index is 0.237. The first-order valence-corrected chi connectivity index (χ1v) is 7.22. The zero-order valence-electron chi connectivity index (χ0n) is 11.4. The molecule has 5 nitrogen and oxygen atoms in total. The Morgan fingerprint density at radius 2 is 2.30 bits per heavy atom. The highest BCUT2D eigenvalue weighted by Crippen LogP contribution is 2.31. The molecule has 3 N–H and O–H groups in total. The van der Waals surface area contributed by atoms with E-state index in [-0.39, 0.29) is 17.5 Å². The van der Waals surface area contributed by atoms with Gasteiger partial charge in [-0.15, -0.1) is 5.10 Å². The molecule has 7 heteroatoms. The number of nitrogens with one attached hydrogen (secondary N) is 1. The van der Waals surface area contributed by atoms with Crippen molar-refractivity contribution in [1.29, 1.82) is 0 Å². The standard InChI is InChI=1S/C13H17FN4OS/c1-3-6-18-12(19)16-17-13(18)20-11-5-4-9(14)7-10(11)8(2)15/h4-5,7-8H,3,6,15H2,1-2H3,(H,16,19). The summed E-state index contributed by atoms with van der Waals surface area (Å²) in [6.07, 6.45) is 0.830. The van der Waals surface area contributed by atoms with Crippen LogP contribution in [-0.2, 0) is 6.54 Å². The van der Waals surface area contributed by atoms with Gasteiger partial charge in [0.1, 0.15) is 5.82 Å². The maximum atomic E-state index is 13.3. The number of nitrogens with two attached hydrogens (primary N) is 1. The fourth-order valence-electron chi connectivity index (χ4n) is 1.87. The summed E-state index contributed by atoms with van der Waals surface area (Å²) in [5.41, 5.74) is 6.33. The van der Waals surface area contributed by atoms with Crippen LogP contribution in [0, 0.1) is 5.82 Å². The van der Waals surface area contributed by atoms with Crippen LogP contribution in [0.3, 0.4) is 0 Å². The number of hydrogen-bond donors (Lipinski definition) is 2. The predicted octanol–water partition coefficient (Wildman–Crippen LogP) is 2.29. The number of aromatic amines is 1. The summed E-state index contributed by atoms with van der Waals surface area (Å²) in [6.45, 7) is 4.37. The molecule has 0 saturated heterocycles. The molecule has 2 aromatic rings. The van der Waals surface area contributed by atoms with E-state index in [2.05, 4.69) is 10.2 Å². The maximum Gasteiger partial charge on any atom is 0.343 e. The Balaban J connectivity index is 2.37. The van der Waals surface area contributed by atoms with Gasteiger partial charge in [0, 0.05) is 17.5 Å². The summed E-state index contributed by atoms with van der Waals surface area (Å²) in [5, 5.41) is 7.00. The Morgan fingerprint density at radius 3 is 2.95 bits per heavy atom. The first kappa shape index (κ1) is 14.8. The lowest BCUT2D eigenvalue weighted by atomic mass is 10.1. The van der Waals surface area contributed by atoms with Crippen LogP contribution < -0.4 is 11.4 Å². The lowest BCUT2D eigenvalue weighted by Crippen LogP contribution is -2.17. The molecule has 0 aliphatic carbocycles. The number of nitrogens with zero attached hydrogens (tertiary/aromatic N) is 2. The Hall–Kier alpha value is -1.60. The van der Waals surface area contributed by atoms with Gasteiger partial charge in [0.15, 0.2) is 5.16 Å². The highest BCUT2D eigenvalue weighted by Gasteiger charge is 2.14. The van der Waals surface area contributed by atoms with Crippen molar-refractivity contribution in [1.82, 2.24) is 14.8 Å². The Kier molecular flexibility index (Phi) is 4.61. The number of hydrogen-bond acceptors (Lipinski definition) is 4. The van der Waals surface area contributed by atoms with Gasteiger partial charge in [-0.05, 0) is 48.9 Å². The lowest BCUT2D eigenvalue weighted by Gasteiger charge is -2.12. The normalized spacial score (nSPS) is 12.6. The van der Waals surface area contributed by atoms with Crippen LogP contribution in [0.1, 0.15) is 31.9 Å². The third-order valence-corrected chi connectivity index (χ3v) is 3.92. The SMILES string of the molecule is CCCn1c(Sc2ccc(F)cc2C(C)N)n[nH]c1=O. The highest BCUT2D eigenvalue weighted by atomic mass is 32.2. The minimum Gasteiger partial charge on any atom is -0.324 e. The Labute approximate surface area is 120 Å². The van der Waals surface area contributed by atoms with E-state index >= 15 is 0 Å². The van der Waals surface area contributed by atoms with Crippen molar-refractivity contribution in [2.75, 3.05) is 0 Å². The molecular weight excluding hydrogens is 279 g/mol. The molecule has 0 aliphatic rings. The third kappa shape index (κ3) is 3.10. The van der Waals surface area contributed by atoms with Gasteiger partial charge in [0.2, 0.25) is 0 Å². The summed E-state index contributed by atoms with van der Waals surface area (Å²) in [7, 11) is 0. The lowest BCUT2D eigenvalue weighted by molar-refractivity contribution is 0.603. The molecule has 1 aromatic heterocycles. The van der Waals surface area contributed by atoms with Crippen molar-refractivity contribution in [3.63, 3.8) is 0 Å². The number of halogens is 1. The first-order valence-electron chi connectivity index (χ1n) is 6.41. The van der Waals surface area contributed by atoms with Crippen LogP contribution in [0.25, 0.3) is 0 Å². The van der Waals surface area contributed by atoms with E-state index in [0.29, 0.717) is 17.3 Å². The zero-order chi connectivity index (χ0) is 14.7. The van der Waals surface area contributed by atoms with Gasteiger partial charge in [0.05, 0.1) is 0 Å². The molecule has 1 aromatic carbocycles. The highest BCUT2D eigenvalue weighted by molar-refractivity contribution is 7.99. The van der Waals surface area contributed by atoms with Crippen molar-refractivity contribution in [3.8, 4) is 0 Å². The molecule has 0 fully saturated rings. The molecular formula is C13H17FN4OS. The molecule has 0 amide bonds. The molecule has 1 heterocycles. The molecule has 0 radical (unpaired) electrons. The van der Waals surface area contributed by atoms with Gasteiger partial charge in [0.25, 0.3) is 0 Å². The quantitative estimate of drug-likeness (QED) is 0.887. The molecule has 0 bridgehead atoms. The van der Waals surface area contributed by atoms with Crippen molar-refractivity contribution in [2.45, 2.75) is 42.9 Å². The number of benzene rings is 1. The van der Waals surface area contributed by atoms with E-state index in [1.165, 1.54) is 23.9 Å². The average Bonchev–Trinajstić information content (AvgIpc) is 2.74. The number of H-pyrrole nitrogens is 1. The summed E-state index contributed by atoms with van der Waals surface area (Å²) < 4.78 is 14.9. The predicted molar refractivity (Wildman–Crippen MR) is 76.3 cm³/mol. The smallest absolute Gasteiger partial charge is 0.324 e. The first-order chi connectivity index (χ1) is 9.52. The molecule has 0 aliphatic heterocycles. The van der Waals surface area contributed by atoms with Crippen molar-refractivity contribution in [3.05, 3.63) is 40.1 Å². The van der Waals surface area contributed by atoms with Crippen LogP contribution in [0.4, 0.5) is 4.39 Å². The van der Waals surface area contributed by atoms with E-state index in [4.69, 9.17) is 5.73 Å². The zero-order valence-corrected chi connectivity index (χ0v) is 12.2. The molecule has 20 heavy (non-hydrogen) atoms. The fraction of sp³-hybridized carbons (Fsp3) is 0.385. The van der Waals surface area contributed by atoms with Crippen LogP contribution in [0.2, 0.25) is 0 Å². The summed E-state index contributed by atoms with van der Waals surface area (Å²) in [5.74, 6) is -0.324. The maximum absolute atomic E-state index is 13.3. The molecule has 1 atom stereocenters. The molecule has 0 spiro atoms. The molecule has 108 valence electrons. The van der Waals surface area contributed by atoms with Gasteiger partial charge < -0.3 is 5.73 Å².